The summed E-state index contributed by atoms with van der Waals surface area (Å²) in [6.45, 7) is 0.844. The van der Waals surface area contributed by atoms with Crippen LogP contribution in [0, 0.1) is 5.82 Å². The standard InChI is InChI=1S/C25H22FN3O3S/c1-31-23-22-21(14-19(27-23)17-10-5-6-11-18(17)26)33-24(28-22)20-12-7-13-29(20)25(30)32-15-16-8-3-2-4-9-16/h2-6,8-11,14,20H,7,12-13,15H2,1H3. The predicted molar refractivity (Wildman–Crippen MR) is 125 cm³/mol. The third-order valence-corrected chi connectivity index (χ3v) is 6.79. The summed E-state index contributed by atoms with van der Waals surface area (Å²) in [6.07, 6.45) is 1.32. The van der Waals surface area contributed by atoms with Gasteiger partial charge >= 0.3 is 6.09 Å². The zero-order valence-electron chi connectivity index (χ0n) is 18.0. The van der Waals surface area contributed by atoms with Crippen molar-refractivity contribution >= 4 is 27.6 Å². The molecule has 0 bridgehead atoms. The lowest BCUT2D eigenvalue weighted by Gasteiger charge is -2.22. The van der Waals surface area contributed by atoms with Crippen molar-refractivity contribution in [2.45, 2.75) is 25.5 Å². The minimum absolute atomic E-state index is 0.174. The summed E-state index contributed by atoms with van der Waals surface area (Å²) in [5.74, 6) is -0.0104. The SMILES string of the molecule is COc1nc(-c2ccccc2F)cc2sc(C3CCCN3C(=O)OCc3ccccc3)nc12. The van der Waals surface area contributed by atoms with Gasteiger partial charge in [-0.25, -0.2) is 19.2 Å². The van der Waals surface area contributed by atoms with Gasteiger partial charge in [0.15, 0.2) is 0 Å². The quantitative estimate of drug-likeness (QED) is 0.364. The monoisotopic (exact) mass is 463 g/mol. The van der Waals surface area contributed by atoms with Crippen molar-refractivity contribution < 1.29 is 18.7 Å². The van der Waals surface area contributed by atoms with Gasteiger partial charge in [0.25, 0.3) is 0 Å². The van der Waals surface area contributed by atoms with Crippen LogP contribution in [0.5, 0.6) is 5.88 Å². The van der Waals surface area contributed by atoms with Gasteiger partial charge in [0.2, 0.25) is 5.88 Å². The second kappa shape index (κ2) is 9.15. The van der Waals surface area contributed by atoms with E-state index in [1.807, 2.05) is 36.4 Å². The number of benzene rings is 2. The van der Waals surface area contributed by atoms with Crippen LogP contribution < -0.4 is 4.74 Å². The van der Waals surface area contributed by atoms with Gasteiger partial charge in [0.1, 0.15) is 22.9 Å². The Bertz CT molecular complexity index is 1290. The number of carbonyl (C=O) groups is 1. The number of aromatic nitrogens is 2. The second-order valence-corrected chi connectivity index (χ2v) is 8.85. The van der Waals surface area contributed by atoms with E-state index in [1.54, 1.807) is 23.1 Å². The van der Waals surface area contributed by atoms with Gasteiger partial charge in [-0.1, -0.05) is 42.5 Å². The topological polar surface area (TPSA) is 64.5 Å². The van der Waals surface area contributed by atoms with Crippen molar-refractivity contribution in [3.63, 3.8) is 0 Å². The van der Waals surface area contributed by atoms with Crippen LogP contribution in [0.4, 0.5) is 9.18 Å². The number of hydrogen-bond acceptors (Lipinski definition) is 6. The van der Waals surface area contributed by atoms with E-state index in [0.29, 0.717) is 29.2 Å². The van der Waals surface area contributed by atoms with E-state index in [2.05, 4.69) is 4.98 Å². The molecular formula is C25H22FN3O3S. The zero-order valence-corrected chi connectivity index (χ0v) is 18.8. The third-order valence-electron chi connectivity index (χ3n) is 5.68. The van der Waals surface area contributed by atoms with Crippen LogP contribution in [-0.4, -0.2) is 34.6 Å². The van der Waals surface area contributed by atoms with Gasteiger partial charge in [-0.05, 0) is 36.6 Å². The number of methoxy groups -OCH3 is 1. The molecule has 3 heterocycles. The fourth-order valence-electron chi connectivity index (χ4n) is 4.05. The Balaban J connectivity index is 1.43. The lowest BCUT2D eigenvalue weighted by atomic mass is 10.1. The molecule has 33 heavy (non-hydrogen) atoms. The van der Waals surface area contributed by atoms with Gasteiger partial charge < -0.3 is 9.47 Å². The third kappa shape index (κ3) is 4.26. The maximum absolute atomic E-state index is 14.3. The van der Waals surface area contributed by atoms with E-state index in [4.69, 9.17) is 14.5 Å². The highest BCUT2D eigenvalue weighted by atomic mass is 32.1. The molecule has 2 aromatic carbocycles. The van der Waals surface area contributed by atoms with Crippen molar-refractivity contribution in [3.05, 3.63) is 77.1 Å². The van der Waals surface area contributed by atoms with Crippen molar-refractivity contribution in [2.75, 3.05) is 13.7 Å². The van der Waals surface area contributed by atoms with Crippen molar-refractivity contribution in [1.82, 2.24) is 14.9 Å². The molecule has 1 aliphatic heterocycles. The van der Waals surface area contributed by atoms with Gasteiger partial charge in [-0.15, -0.1) is 11.3 Å². The highest BCUT2D eigenvalue weighted by molar-refractivity contribution is 7.18. The number of hydrogen-bond donors (Lipinski definition) is 0. The highest BCUT2D eigenvalue weighted by Gasteiger charge is 2.34. The Labute approximate surface area is 194 Å². The summed E-state index contributed by atoms with van der Waals surface area (Å²) in [7, 11) is 1.52. The molecule has 0 N–H and O–H groups in total. The molecule has 1 aliphatic rings. The molecule has 1 amide bonds. The number of rotatable bonds is 5. The summed E-state index contributed by atoms with van der Waals surface area (Å²) < 4.78 is 26.2. The van der Waals surface area contributed by atoms with Crippen LogP contribution in [0.15, 0.2) is 60.7 Å². The predicted octanol–water partition coefficient (Wildman–Crippen LogP) is 5.98. The summed E-state index contributed by atoms with van der Waals surface area (Å²) in [5, 5.41) is 0.796. The number of fused-ring (bicyclic) bond motifs is 1. The molecule has 0 saturated carbocycles. The van der Waals surface area contributed by atoms with E-state index in [9.17, 15) is 9.18 Å². The number of thiazole rings is 1. The molecule has 2 aromatic heterocycles. The Morgan fingerprint density at radius 1 is 1.15 bits per heavy atom. The minimum Gasteiger partial charge on any atom is -0.479 e. The zero-order chi connectivity index (χ0) is 22.8. The summed E-state index contributed by atoms with van der Waals surface area (Å²) >= 11 is 1.47. The van der Waals surface area contributed by atoms with Crippen LogP contribution in [0.2, 0.25) is 0 Å². The molecule has 1 fully saturated rings. The molecule has 168 valence electrons. The van der Waals surface area contributed by atoms with Crippen LogP contribution in [-0.2, 0) is 11.3 Å². The number of nitrogens with zero attached hydrogens (tertiary/aromatic N) is 3. The Morgan fingerprint density at radius 2 is 1.94 bits per heavy atom. The van der Waals surface area contributed by atoms with Crippen LogP contribution in [0.1, 0.15) is 29.5 Å². The van der Waals surface area contributed by atoms with Crippen molar-refractivity contribution in [3.8, 4) is 17.1 Å². The second-order valence-electron chi connectivity index (χ2n) is 7.79. The van der Waals surface area contributed by atoms with E-state index >= 15 is 0 Å². The molecule has 1 atom stereocenters. The van der Waals surface area contributed by atoms with Crippen molar-refractivity contribution in [1.29, 1.82) is 0 Å². The first-order valence-corrected chi connectivity index (χ1v) is 11.5. The highest BCUT2D eigenvalue weighted by Crippen LogP contribution is 2.40. The first-order valence-electron chi connectivity index (χ1n) is 10.7. The fourth-order valence-corrected chi connectivity index (χ4v) is 5.20. The molecule has 5 rings (SSSR count). The number of pyridine rings is 1. The maximum Gasteiger partial charge on any atom is 0.410 e. The first kappa shape index (κ1) is 21.3. The molecule has 8 heteroatoms. The summed E-state index contributed by atoms with van der Waals surface area (Å²) in [6, 6.07) is 17.8. The lowest BCUT2D eigenvalue weighted by Crippen LogP contribution is -2.31. The molecule has 1 saturated heterocycles. The normalized spacial score (nSPS) is 15.7. The maximum atomic E-state index is 14.3. The first-order chi connectivity index (χ1) is 16.1. The Morgan fingerprint density at radius 3 is 2.73 bits per heavy atom. The van der Waals surface area contributed by atoms with E-state index in [-0.39, 0.29) is 24.6 Å². The minimum atomic E-state index is -0.349. The van der Waals surface area contributed by atoms with E-state index in [1.165, 1.54) is 24.5 Å². The summed E-state index contributed by atoms with van der Waals surface area (Å²) in [5.41, 5.74) is 2.44. The van der Waals surface area contributed by atoms with Crippen LogP contribution in [0.3, 0.4) is 0 Å². The van der Waals surface area contributed by atoms with Crippen molar-refractivity contribution in [2.24, 2.45) is 0 Å². The largest absolute Gasteiger partial charge is 0.479 e. The Hall–Kier alpha value is -3.52. The smallest absolute Gasteiger partial charge is 0.410 e. The number of halogens is 1. The average Bonchev–Trinajstić information content (AvgIpc) is 3.50. The lowest BCUT2D eigenvalue weighted by molar-refractivity contribution is 0.0920. The van der Waals surface area contributed by atoms with Gasteiger partial charge in [-0.2, -0.15) is 0 Å². The van der Waals surface area contributed by atoms with E-state index in [0.717, 1.165) is 28.1 Å². The average molecular weight is 464 g/mol. The molecular weight excluding hydrogens is 441 g/mol. The molecule has 0 aliphatic carbocycles. The number of amides is 1. The number of carbonyl (C=O) groups excluding carboxylic acids is 1. The summed E-state index contributed by atoms with van der Waals surface area (Å²) in [4.78, 5) is 23.8. The van der Waals surface area contributed by atoms with Crippen LogP contribution in [0.25, 0.3) is 21.5 Å². The molecule has 0 spiro atoms. The Kier molecular flexibility index (Phi) is 5.92. The molecule has 6 nitrogen and oxygen atoms in total. The van der Waals surface area contributed by atoms with Gasteiger partial charge in [-0.3, -0.25) is 4.90 Å². The number of likely N-dealkylation sites (tertiary alicyclic amines) is 1. The molecule has 4 aromatic rings. The molecule has 0 radical (unpaired) electrons. The van der Waals surface area contributed by atoms with Gasteiger partial charge in [0.05, 0.1) is 23.5 Å². The fraction of sp³-hybridized carbons (Fsp3) is 0.240. The van der Waals surface area contributed by atoms with Crippen LogP contribution >= 0.6 is 11.3 Å². The molecule has 1 unspecified atom stereocenters. The van der Waals surface area contributed by atoms with Gasteiger partial charge in [0, 0.05) is 12.1 Å². The number of ether oxygens (including phenoxy) is 2. The van der Waals surface area contributed by atoms with E-state index < -0.39 is 0 Å².